The highest BCUT2D eigenvalue weighted by Gasteiger charge is 2.36. The number of hydrogen-bond acceptors (Lipinski definition) is 4. The molecule has 1 aliphatic rings. The van der Waals surface area contributed by atoms with Crippen molar-refractivity contribution in [2.75, 3.05) is 4.90 Å². The summed E-state index contributed by atoms with van der Waals surface area (Å²) >= 11 is 0. The van der Waals surface area contributed by atoms with Crippen LogP contribution in [-0.4, -0.2) is 22.8 Å². The zero-order chi connectivity index (χ0) is 21.6. The van der Waals surface area contributed by atoms with E-state index in [1.165, 1.54) is 12.7 Å². The zero-order valence-corrected chi connectivity index (χ0v) is 17.7. The van der Waals surface area contributed by atoms with E-state index in [0.29, 0.717) is 11.3 Å². The molecule has 0 saturated heterocycles. The summed E-state index contributed by atoms with van der Waals surface area (Å²) in [7, 11) is 0. The van der Waals surface area contributed by atoms with Gasteiger partial charge < -0.3 is 9.73 Å². The van der Waals surface area contributed by atoms with Gasteiger partial charge in [-0.2, -0.15) is 0 Å². The maximum absolute atomic E-state index is 13.7. The molecular weight excluding hydrogens is 390 g/mol. The van der Waals surface area contributed by atoms with Gasteiger partial charge in [-0.25, -0.2) is 0 Å². The number of carbonyl (C=O) groups excluding carboxylic acids is 2. The number of hydrogen-bond donors (Lipinski definition) is 1. The van der Waals surface area contributed by atoms with Gasteiger partial charge in [-0.1, -0.05) is 37.5 Å². The van der Waals surface area contributed by atoms with Crippen LogP contribution >= 0.6 is 0 Å². The monoisotopic (exact) mass is 417 g/mol. The lowest BCUT2D eigenvalue weighted by atomic mass is 9.94. The summed E-state index contributed by atoms with van der Waals surface area (Å²) in [6.07, 6.45) is 10.1. The van der Waals surface area contributed by atoms with Gasteiger partial charge in [0.15, 0.2) is 5.76 Å². The third-order valence-corrected chi connectivity index (χ3v) is 5.81. The van der Waals surface area contributed by atoms with Gasteiger partial charge in [-0.15, -0.1) is 0 Å². The number of nitrogens with zero attached hydrogens (tertiary/aromatic N) is 2. The Kier molecular flexibility index (Phi) is 6.46. The summed E-state index contributed by atoms with van der Waals surface area (Å²) in [5, 5.41) is 3.20. The molecule has 31 heavy (non-hydrogen) atoms. The van der Waals surface area contributed by atoms with Crippen molar-refractivity contribution < 1.29 is 14.0 Å². The van der Waals surface area contributed by atoms with Crippen LogP contribution in [0.3, 0.4) is 0 Å². The fourth-order valence-electron chi connectivity index (χ4n) is 4.21. The van der Waals surface area contributed by atoms with Crippen molar-refractivity contribution in [3.8, 4) is 0 Å². The number of para-hydroxylation sites is 1. The Morgan fingerprint density at radius 1 is 1.03 bits per heavy atom. The lowest BCUT2D eigenvalue weighted by molar-refractivity contribution is -0.123. The smallest absolute Gasteiger partial charge is 0.294 e. The van der Waals surface area contributed by atoms with Crippen LogP contribution < -0.4 is 10.2 Å². The van der Waals surface area contributed by atoms with Gasteiger partial charge in [0.25, 0.3) is 5.91 Å². The molecule has 0 spiro atoms. The van der Waals surface area contributed by atoms with Crippen LogP contribution in [0.4, 0.5) is 5.69 Å². The first kappa shape index (κ1) is 20.8. The molecule has 1 unspecified atom stereocenters. The van der Waals surface area contributed by atoms with E-state index in [9.17, 15) is 9.59 Å². The molecular formula is C25H27N3O3. The Hall–Kier alpha value is -3.41. The number of rotatable bonds is 6. The van der Waals surface area contributed by atoms with Crippen molar-refractivity contribution in [3.63, 3.8) is 0 Å². The molecule has 2 amide bonds. The zero-order valence-electron chi connectivity index (χ0n) is 17.7. The lowest BCUT2D eigenvalue weighted by Crippen LogP contribution is -2.47. The molecule has 1 N–H and O–H groups in total. The van der Waals surface area contributed by atoms with E-state index in [2.05, 4.69) is 10.3 Å². The Balaban J connectivity index is 1.78. The SMILES string of the molecule is Cc1ccccc1N(C(=O)c1ccco1)C(C(=O)NC1CCCCC1)c1ccncc1. The van der Waals surface area contributed by atoms with E-state index in [1.807, 2.05) is 31.2 Å². The summed E-state index contributed by atoms with van der Waals surface area (Å²) in [5.41, 5.74) is 2.27. The normalized spacial score (nSPS) is 15.3. The molecule has 2 heterocycles. The maximum Gasteiger partial charge on any atom is 0.294 e. The second-order valence-corrected chi connectivity index (χ2v) is 7.97. The highest BCUT2D eigenvalue weighted by Crippen LogP contribution is 2.32. The van der Waals surface area contributed by atoms with Crippen LogP contribution in [0.1, 0.15) is 59.8 Å². The average Bonchev–Trinajstić information content (AvgIpc) is 3.34. The van der Waals surface area contributed by atoms with Crippen LogP contribution in [0.15, 0.2) is 71.6 Å². The topological polar surface area (TPSA) is 75.4 Å². The summed E-state index contributed by atoms with van der Waals surface area (Å²) in [6, 6.07) is 13.7. The number of aryl methyl sites for hydroxylation is 1. The molecule has 0 bridgehead atoms. The quantitative estimate of drug-likeness (QED) is 0.624. The Morgan fingerprint density at radius 2 is 1.77 bits per heavy atom. The van der Waals surface area contributed by atoms with Crippen LogP contribution in [0, 0.1) is 6.92 Å². The molecule has 0 aliphatic heterocycles. The first-order valence-corrected chi connectivity index (χ1v) is 10.8. The molecule has 1 aliphatic carbocycles. The molecule has 4 rings (SSSR count). The van der Waals surface area contributed by atoms with Gasteiger partial charge in [-0.3, -0.25) is 19.5 Å². The summed E-state index contributed by atoms with van der Waals surface area (Å²) < 4.78 is 5.42. The van der Waals surface area contributed by atoms with Gasteiger partial charge in [0, 0.05) is 24.1 Å². The second-order valence-electron chi connectivity index (χ2n) is 7.97. The fourth-order valence-corrected chi connectivity index (χ4v) is 4.21. The molecule has 1 aromatic carbocycles. The number of nitrogens with one attached hydrogen (secondary N) is 1. The van der Waals surface area contributed by atoms with Crippen molar-refractivity contribution in [3.05, 3.63) is 84.1 Å². The molecule has 160 valence electrons. The first-order valence-electron chi connectivity index (χ1n) is 10.8. The van der Waals surface area contributed by atoms with Gasteiger partial charge in [0.05, 0.1) is 6.26 Å². The van der Waals surface area contributed by atoms with Crippen LogP contribution in [0.2, 0.25) is 0 Å². The molecule has 1 fully saturated rings. The minimum atomic E-state index is -0.844. The number of aromatic nitrogens is 1. The predicted octanol–water partition coefficient (Wildman–Crippen LogP) is 4.82. The van der Waals surface area contributed by atoms with Gasteiger partial charge >= 0.3 is 0 Å². The van der Waals surface area contributed by atoms with Crippen molar-refractivity contribution in [2.45, 2.75) is 51.1 Å². The number of pyridine rings is 1. The van der Waals surface area contributed by atoms with Crippen molar-refractivity contribution in [1.29, 1.82) is 0 Å². The minimum absolute atomic E-state index is 0.128. The fraction of sp³-hybridized carbons (Fsp3) is 0.320. The number of carbonyl (C=O) groups is 2. The third-order valence-electron chi connectivity index (χ3n) is 5.81. The van der Waals surface area contributed by atoms with Gasteiger partial charge in [0.2, 0.25) is 5.91 Å². The van der Waals surface area contributed by atoms with Crippen molar-refractivity contribution >= 4 is 17.5 Å². The summed E-state index contributed by atoms with van der Waals surface area (Å²) in [4.78, 5) is 32.9. The van der Waals surface area contributed by atoms with Gasteiger partial charge in [0.1, 0.15) is 6.04 Å². The molecule has 3 aromatic rings. The molecule has 2 aromatic heterocycles. The summed E-state index contributed by atoms with van der Waals surface area (Å²) in [6.45, 7) is 1.93. The Labute approximate surface area is 182 Å². The van der Waals surface area contributed by atoms with E-state index in [1.54, 1.807) is 41.6 Å². The Morgan fingerprint density at radius 3 is 2.45 bits per heavy atom. The maximum atomic E-state index is 13.7. The predicted molar refractivity (Wildman–Crippen MR) is 119 cm³/mol. The van der Waals surface area contributed by atoms with E-state index in [4.69, 9.17) is 4.42 Å². The van der Waals surface area contributed by atoms with E-state index in [0.717, 1.165) is 31.2 Å². The Bertz CT molecular complexity index is 1010. The standard InChI is InChI=1S/C25H27N3O3/c1-18-8-5-6-11-21(18)28(25(30)22-12-7-17-31-22)23(19-13-15-26-16-14-19)24(29)27-20-9-3-2-4-10-20/h5-8,11-17,20,23H,2-4,9-10H2,1H3,(H,27,29). The van der Waals surface area contributed by atoms with Crippen molar-refractivity contribution in [2.24, 2.45) is 0 Å². The molecule has 1 saturated carbocycles. The lowest BCUT2D eigenvalue weighted by Gasteiger charge is -2.33. The third kappa shape index (κ3) is 4.68. The highest BCUT2D eigenvalue weighted by atomic mass is 16.3. The number of amides is 2. The van der Waals surface area contributed by atoms with Crippen LogP contribution in [-0.2, 0) is 4.79 Å². The molecule has 1 atom stereocenters. The molecule has 6 nitrogen and oxygen atoms in total. The number of anilines is 1. The van der Waals surface area contributed by atoms with E-state index >= 15 is 0 Å². The van der Waals surface area contributed by atoms with Crippen molar-refractivity contribution in [1.82, 2.24) is 10.3 Å². The molecule has 0 radical (unpaired) electrons. The van der Waals surface area contributed by atoms with Gasteiger partial charge in [-0.05, 0) is 61.2 Å². The van der Waals surface area contributed by atoms with E-state index < -0.39 is 6.04 Å². The molecule has 6 heteroatoms. The largest absolute Gasteiger partial charge is 0.459 e. The van der Waals surface area contributed by atoms with Crippen LogP contribution in [0.5, 0.6) is 0 Å². The highest BCUT2D eigenvalue weighted by molar-refractivity contribution is 6.09. The number of benzene rings is 1. The van der Waals surface area contributed by atoms with E-state index in [-0.39, 0.29) is 23.6 Å². The number of furan rings is 1. The second kappa shape index (κ2) is 9.60. The first-order chi connectivity index (χ1) is 15.1. The average molecular weight is 418 g/mol. The summed E-state index contributed by atoms with van der Waals surface area (Å²) in [5.74, 6) is -0.367. The van der Waals surface area contributed by atoms with Crippen LogP contribution in [0.25, 0.3) is 0 Å². The minimum Gasteiger partial charge on any atom is -0.459 e.